The third kappa shape index (κ3) is 3.73. The zero-order chi connectivity index (χ0) is 14.8. The smallest absolute Gasteiger partial charge is 0.275 e. The summed E-state index contributed by atoms with van der Waals surface area (Å²) >= 11 is 5.88. The summed E-state index contributed by atoms with van der Waals surface area (Å²) < 4.78 is 0. The van der Waals surface area contributed by atoms with E-state index in [0.29, 0.717) is 23.7 Å². The Morgan fingerprint density at radius 3 is 2.81 bits per heavy atom. The summed E-state index contributed by atoms with van der Waals surface area (Å²) in [4.78, 5) is 13.3. The minimum absolute atomic E-state index is 0.132. The minimum atomic E-state index is -0.333. The first-order chi connectivity index (χ1) is 10.1. The molecule has 1 aromatic carbocycles. The largest absolute Gasteiger partial charge is 0.313 e. The van der Waals surface area contributed by atoms with Gasteiger partial charge in [-0.3, -0.25) is 15.0 Å². The molecule has 1 N–H and O–H groups in total. The van der Waals surface area contributed by atoms with E-state index >= 15 is 0 Å². The number of nitrogens with one attached hydrogen (secondary N) is 1. The molecule has 0 aromatic heterocycles. The zero-order valence-corrected chi connectivity index (χ0v) is 12.7. The van der Waals surface area contributed by atoms with Crippen molar-refractivity contribution in [2.75, 3.05) is 13.1 Å². The summed E-state index contributed by atoms with van der Waals surface area (Å²) in [6.07, 6.45) is 4.83. The van der Waals surface area contributed by atoms with Gasteiger partial charge in [-0.2, -0.15) is 0 Å². The number of benzene rings is 1. The number of hydrogen-bond acceptors (Lipinski definition) is 4. The monoisotopic (exact) mass is 309 g/mol. The van der Waals surface area contributed by atoms with E-state index in [2.05, 4.69) is 10.2 Å². The predicted molar refractivity (Wildman–Crippen MR) is 82.6 cm³/mol. The van der Waals surface area contributed by atoms with Crippen molar-refractivity contribution in [2.24, 2.45) is 0 Å². The van der Waals surface area contributed by atoms with Crippen LogP contribution in [0, 0.1) is 10.1 Å². The van der Waals surface area contributed by atoms with Gasteiger partial charge < -0.3 is 5.32 Å². The van der Waals surface area contributed by atoms with E-state index in [-0.39, 0.29) is 10.6 Å². The Morgan fingerprint density at radius 2 is 2.19 bits per heavy atom. The van der Waals surface area contributed by atoms with Gasteiger partial charge >= 0.3 is 0 Å². The van der Waals surface area contributed by atoms with E-state index in [9.17, 15) is 10.1 Å². The summed E-state index contributed by atoms with van der Waals surface area (Å²) in [5.41, 5.74) is 0.891. The van der Waals surface area contributed by atoms with Crippen LogP contribution in [0.4, 0.5) is 5.69 Å². The normalized spacial score (nSPS) is 21.9. The average molecular weight is 310 g/mol. The van der Waals surface area contributed by atoms with Crippen molar-refractivity contribution in [3.05, 3.63) is 38.9 Å². The zero-order valence-electron chi connectivity index (χ0n) is 11.9. The topological polar surface area (TPSA) is 58.4 Å². The van der Waals surface area contributed by atoms with E-state index in [0.717, 1.165) is 18.7 Å². The van der Waals surface area contributed by atoms with Crippen molar-refractivity contribution >= 4 is 17.3 Å². The highest BCUT2D eigenvalue weighted by atomic mass is 35.5. The molecule has 1 aromatic rings. The van der Waals surface area contributed by atoms with Crippen LogP contribution >= 0.6 is 11.6 Å². The van der Waals surface area contributed by atoms with Crippen LogP contribution in [-0.2, 0) is 6.54 Å². The lowest BCUT2D eigenvalue weighted by atomic mass is 10.1. The van der Waals surface area contributed by atoms with Gasteiger partial charge in [0.2, 0.25) is 0 Å². The first kappa shape index (κ1) is 14.8. The maximum absolute atomic E-state index is 11.2. The van der Waals surface area contributed by atoms with Crippen molar-refractivity contribution in [3.8, 4) is 0 Å². The molecule has 21 heavy (non-hydrogen) atoms. The van der Waals surface area contributed by atoms with Crippen molar-refractivity contribution in [1.82, 2.24) is 10.2 Å². The molecule has 0 spiro atoms. The van der Waals surface area contributed by atoms with Gasteiger partial charge in [0, 0.05) is 41.8 Å². The standard InChI is InChI=1S/C15H20ClN3O2/c16-12-4-3-11(15(8-12)19(20)21)9-18(14-5-6-14)10-13-2-1-7-17-13/h3-4,8,13-14,17H,1-2,5-7,9-10H2. The molecule has 1 aliphatic heterocycles. The van der Waals surface area contributed by atoms with Crippen LogP contribution in [0.25, 0.3) is 0 Å². The molecule has 2 fully saturated rings. The fourth-order valence-electron chi connectivity index (χ4n) is 3.04. The first-order valence-corrected chi connectivity index (χ1v) is 7.91. The number of nitro groups is 1. The molecule has 6 heteroatoms. The lowest BCUT2D eigenvalue weighted by Crippen LogP contribution is -2.38. The Hall–Kier alpha value is -1.17. The predicted octanol–water partition coefficient (Wildman–Crippen LogP) is 2.96. The van der Waals surface area contributed by atoms with E-state index in [4.69, 9.17) is 11.6 Å². The number of hydrogen-bond donors (Lipinski definition) is 1. The molecular weight excluding hydrogens is 290 g/mol. The second kappa shape index (κ2) is 6.30. The highest BCUT2D eigenvalue weighted by Crippen LogP contribution is 2.32. The van der Waals surface area contributed by atoms with Gasteiger partial charge in [-0.15, -0.1) is 0 Å². The maximum atomic E-state index is 11.2. The maximum Gasteiger partial charge on any atom is 0.275 e. The molecule has 0 amide bonds. The molecule has 1 saturated heterocycles. The second-order valence-electron chi connectivity index (χ2n) is 5.98. The second-order valence-corrected chi connectivity index (χ2v) is 6.42. The van der Waals surface area contributed by atoms with E-state index in [1.807, 2.05) is 0 Å². The lowest BCUT2D eigenvalue weighted by Gasteiger charge is -2.25. The Morgan fingerprint density at radius 1 is 1.38 bits per heavy atom. The van der Waals surface area contributed by atoms with Crippen LogP contribution in [-0.4, -0.2) is 35.0 Å². The quantitative estimate of drug-likeness (QED) is 0.648. The Kier molecular flexibility index (Phi) is 4.42. The van der Waals surface area contributed by atoms with E-state index in [1.54, 1.807) is 12.1 Å². The third-order valence-corrected chi connectivity index (χ3v) is 4.53. The number of halogens is 1. The molecule has 3 rings (SSSR count). The van der Waals surface area contributed by atoms with Gasteiger partial charge in [-0.1, -0.05) is 11.6 Å². The van der Waals surface area contributed by atoms with Gasteiger partial charge in [-0.05, 0) is 44.4 Å². The highest BCUT2D eigenvalue weighted by Gasteiger charge is 2.32. The number of rotatable bonds is 6. The summed E-state index contributed by atoms with van der Waals surface area (Å²) in [6.45, 7) is 2.70. The van der Waals surface area contributed by atoms with Gasteiger partial charge in [-0.25, -0.2) is 0 Å². The molecule has 0 bridgehead atoms. The highest BCUT2D eigenvalue weighted by molar-refractivity contribution is 6.30. The molecule has 1 aliphatic carbocycles. The summed E-state index contributed by atoms with van der Waals surface area (Å²) in [5.74, 6) is 0. The molecule has 1 heterocycles. The molecule has 1 saturated carbocycles. The van der Waals surface area contributed by atoms with Gasteiger partial charge in [0.05, 0.1) is 4.92 Å². The molecule has 1 unspecified atom stereocenters. The van der Waals surface area contributed by atoms with Crippen molar-refractivity contribution < 1.29 is 4.92 Å². The molecule has 114 valence electrons. The van der Waals surface area contributed by atoms with Crippen molar-refractivity contribution in [2.45, 2.75) is 44.3 Å². The molecule has 0 radical (unpaired) electrons. The van der Waals surface area contributed by atoms with Crippen LogP contribution < -0.4 is 5.32 Å². The van der Waals surface area contributed by atoms with Gasteiger partial charge in [0.15, 0.2) is 0 Å². The van der Waals surface area contributed by atoms with Crippen molar-refractivity contribution in [1.29, 1.82) is 0 Å². The fraction of sp³-hybridized carbons (Fsp3) is 0.600. The van der Waals surface area contributed by atoms with Crippen LogP contribution in [0.1, 0.15) is 31.2 Å². The molecular formula is C15H20ClN3O2. The van der Waals surface area contributed by atoms with Crippen molar-refractivity contribution in [3.63, 3.8) is 0 Å². The first-order valence-electron chi connectivity index (χ1n) is 7.54. The van der Waals surface area contributed by atoms with Crippen LogP contribution in [0.15, 0.2) is 18.2 Å². The molecule has 1 atom stereocenters. The lowest BCUT2D eigenvalue weighted by molar-refractivity contribution is -0.385. The minimum Gasteiger partial charge on any atom is -0.313 e. The molecule has 5 nitrogen and oxygen atoms in total. The Balaban J connectivity index is 1.74. The van der Waals surface area contributed by atoms with Gasteiger partial charge in [0.25, 0.3) is 5.69 Å². The third-order valence-electron chi connectivity index (χ3n) is 4.30. The molecule has 2 aliphatic rings. The average Bonchev–Trinajstić information content (AvgIpc) is 3.18. The van der Waals surface area contributed by atoms with Crippen LogP contribution in [0.2, 0.25) is 5.02 Å². The summed E-state index contributed by atoms with van der Waals surface area (Å²) in [7, 11) is 0. The van der Waals surface area contributed by atoms with Crippen LogP contribution in [0.5, 0.6) is 0 Å². The van der Waals surface area contributed by atoms with Crippen LogP contribution in [0.3, 0.4) is 0 Å². The Labute approximate surface area is 129 Å². The SMILES string of the molecule is O=[N+]([O-])c1cc(Cl)ccc1CN(CC1CCCN1)C1CC1. The summed E-state index contributed by atoms with van der Waals surface area (Å²) in [6, 6.07) is 6.09. The van der Waals surface area contributed by atoms with E-state index < -0.39 is 0 Å². The van der Waals surface area contributed by atoms with Gasteiger partial charge in [0.1, 0.15) is 0 Å². The summed E-state index contributed by atoms with van der Waals surface area (Å²) in [5, 5.41) is 15.1. The fourth-order valence-corrected chi connectivity index (χ4v) is 3.20. The number of nitro benzene ring substituents is 1. The van der Waals surface area contributed by atoms with E-state index in [1.165, 1.54) is 31.7 Å². The Bertz CT molecular complexity index is 528. The number of nitrogens with zero attached hydrogens (tertiary/aromatic N) is 2.